The van der Waals surface area contributed by atoms with Gasteiger partial charge >= 0.3 is 0 Å². The fourth-order valence-electron chi connectivity index (χ4n) is 11.5. The first kappa shape index (κ1) is 34.7. The van der Waals surface area contributed by atoms with E-state index in [-0.39, 0.29) is 5.41 Å². The van der Waals surface area contributed by atoms with Gasteiger partial charge in [-0.25, -0.2) is 0 Å². The molecule has 0 atom stereocenters. The Morgan fingerprint density at radius 3 is 1.66 bits per heavy atom. The minimum absolute atomic E-state index is 0.138. The molecule has 14 rings (SSSR count). The maximum atomic E-state index is 6.66. The van der Waals surface area contributed by atoms with E-state index in [4.69, 9.17) is 4.74 Å². The van der Waals surface area contributed by atoms with Gasteiger partial charge in [0.25, 0.3) is 0 Å². The van der Waals surface area contributed by atoms with Crippen molar-refractivity contribution >= 4 is 80.1 Å². The molecule has 3 heterocycles. The van der Waals surface area contributed by atoms with Crippen LogP contribution in [0, 0.1) is 0 Å². The number of ether oxygens (including phenoxy) is 1. The van der Waals surface area contributed by atoms with E-state index >= 15 is 0 Å². The summed E-state index contributed by atoms with van der Waals surface area (Å²) in [4.78, 5) is 2.57. The molecule has 0 unspecified atom stereocenters. The molecule has 4 heteroatoms. The van der Waals surface area contributed by atoms with Crippen molar-refractivity contribution in [1.29, 1.82) is 0 Å². The van der Waals surface area contributed by atoms with Crippen molar-refractivity contribution in [2.75, 3.05) is 4.90 Å². The lowest BCUT2D eigenvalue weighted by Gasteiger charge is -2.39. The Labute approximate surface area is 367 Å². The molecule has 1 spiro atoms. The summed E-state index contributed by atoms with van der Waals surface area (Å²) in [5.74, 6) is 1.83. The molecule has 9 aromatic carbocycles. The highest BCUT2D eigenvalue weighted by atomic mass is 32.1. The van der Waals surface area contributed by atoms with Crippen LogP contribution in [0.2, 0.25) is 0 Å². The van der Waals surface area contributed by atoms with Crippen molar-refractivity contribution < 1.29 is 4.74 Å². The number of hydrogen-bond donors (Lipinski definition) is 0. The summed E-state index contributed by atoms with van der Waals surface area (Å²) >= 11 is 3.78. The Morgan fingerprint density at radius 1 is 0.387 bits per heavy atom. The third kappa shape index (κ3) is 4.38. The Bertz CT molecular complexity index is 3690. The van der Waals surface area contributed by atoms with E-state index in [0.717, 1.165) is 11.5 Å². The summed E-state index contributed by atoms with van der Waals surface area (Å²) in [6, 6.07) is 70.2. The standard InChI is InChI=1S/C58H37NOS2/c1-57(2)41-18-6-3-15-35(41)37-30-29-34(31-45(37)57)59(47-22-13-27-52-55(47)38-17-5-12-26-51(38)61-52)48-23-14-28-53-56(48)40-32-39-36-16-4-7-19-42(36)58(46(39)33-54(40)62-53)43-20-8-10-24-49(43)60-50-25-11-9-21-44(50)58/h3-33H,1-2H3. The van der Waals surface area contributed by atoms with Crippen LogP contribution in [-0.4, -0.2) is 0 Å². The van der Waals surface area contributed by atoms with Crippen LogP contribution >= 0.6 is 22.7 Å². The molecule has 0 amide bonds. The lowest BCUT2D eigenvalue weighted by Crippen LogP contribution is -2.32. The number of benzene rings is 9. The number of thiophene rings is 2. The van der Waals surface area contributed by atoms with Crippen LogP contribution in [0.5, 0.6) is 11.5 Å². The van der Waals surface area contributed by atoms with Crippen LogP contribution in [-0.2, 0) is 10.8 Å². The number of rotatable bonds is 3. The fraction of sp³-hybridized carbons (Fsp3) is 0.0690. The van der Waals surface area contributed by atoms with Gasteiger partial charge in [-0.15, -0.1) is 22.7 Å². The van der Waals surface area contributed by atoms with E-state index in [1.807, 2.05) is 22.7 Å². The zero-order valence-corrected chi connectivity index (χ0v) is 35.7. The molecule has 3 aliphatic rings. The van der Waals surface area contributed by atoms with Crippen molar-refractivity contribution in [3.05, 3.63) is 221 Å². The molecule has 1 aliphatic heterocycles. The molecule has 0 saturated heterocycles. The molecule has 2 nitrogen and oxygen atoms in total. The average Bonchev–Trinajstić information content (AvgIpc) is 4.02. The van der Waals surface area contributed by atoms with E-state index in [1.165, 1.54) is 113 Å². The third-order valence-electron chi connectivity index (χ3n) is 14.1. The molecular formula is C58H37NOS2. The zero-order valence-electron chi connectivity index (χ0n) is 34.1. The van der Waals surface area contributed by atoms with Gasteiger partial charge in [-0.3, -0.25) is 0 Å². The van der Waals surface area contributed by atoms with Crippen molar-refractivity contribution in [1.82, 2.24) is 0 Å². The number of para-hydroxylation sites is 2. The van der Waals surface area contributed by atoms with Gasteiger partial charge in [0.2, 0.25) is 0 Å². The first-order chi connectivity index (χ1) is 30.5. The summed E-state index contributed by atoms with van der Waals surface area (Å²) in [5.41, 5.74) is 15.9. The van der Waals surface area contributed by atoms with E-state index < -0.39 is 5.41 Å². The Kier molecular flexibility index (Phi) is 6.90. The largest absolute Gasteiger partial charge is 0.457 e. The number of nitrogens with zero attached hydrogens (tertiary/aromatic N) is 1. The SMILES string of the molecule is CC1(C)c2ccccc2-c2ccc(N(c3cccc4sc5ccccc5c34)c3cccc4sc5cc6c(cc5c34)-c3ccccc3C63c4ccccc4Oc4ccccc43)cc21. The number of anilines is 3. The minimum atomic E-state index is -0.513. The molecule has 11 aromatic rings. The van der Waals surface area contributed by atoms with Crippen LogP contribution in [0.15, 0.2) is 188 Å². The molecule has 0 bridgehead atoms. The van der Waals surface area contributed by atoms with Crippen molar-refractivity contribution in [3.8, 4) is 33.8 Å². The predicted molar refractivity (Wildman–Crippen MR) is 262 cm³/mol. The molecule has 0 N–H and O–H groups in total. The van der Waals surface area contributed by atoms with Gasteiger partial charge in [0, 0.05) is 62.6 Å². The van der Waals surface area contributed by atoms with Gasteiger partial charge < -0.3 is 9.64 Å². The molecule has 0 saturated carbocycles. The highest BCUT2D eigenvalue weighted by Crippen LogP contribution is 2.63. The Balaban J connectivity index is 1.07. The number of fused-ring (bicyclic) bond motifs is 18. The molecular weight excluding hydrogens is 791 g/mol. The van der Waals surface area contributed by atoms with Crippen LogP contribution < -0.4 is 9.64 Å². The predicted octanol–water partition coefficient (Wildman–Crippen LogP) is 16.7. The van der Waals surface area contributed by atoms with E-state index in [9.17, 15) is 0 Å². The first-order valence-electron chi connectivity index (χ1n) is 21.4. The van der Waals surface area contributed by atoms with E-state index in [0.29, 0.717) is 0 Å². The highest BCUT2D eigenvalue weighted by molar-refractivity contribution is 7.26. The Morgan fingerprint density at radius 2 is 0.935 bits per heavy atom. The average molecular weight is 828 g/mol. The van der Waals surface area contributed by atoms with Crippen LogP contribution in [0.25, 0.3) is 62.6 Å². The quantitative estimate of drug-likeness (QED) is 0.176. The second kappa shape index (κ2) is 12.3. The second-order valence-corrected chi connectivity index (χ2v) is 19.7. The molecule has 2 aromatic heterocycles. The van der Waals surface area contributed by atoms with Crippen molar-refractivity contribution in [2.24, 2.45) is 0 Å². The normalized spacial score (nSPS) is 14.7. The molecule has 0 fully saturated rings. The van der Waals surface area contributed by atoms with Crippen molar-refractivity contribution in [2.45, 2.75) is 24.7 Å². The highest BCUT2D eigenvalue weighted by Gasteiger charge is 2.51. The molecule has 0 radical (unpaired) electrons. The summed E-state index contributed by atoms with van der Waals surface area (Å²) in [7, 11) is 0. The fourth-order valence-corrected chi connectivity index (χ4v) is 13.8. The van der Waals surface area contributed by atoms with Gasteiger partial charge in [-0.2, -0.15) is 0 Å². The van der Waals surface area contributed by atoms with Gasteiger partial charge in [0.05, 0.1) is 16.8 Å². The van der Waals surface area contributed by atoms with Gasteiger partial charge in [-0.1, -0.05) is 135 Å². The van der Waals surface area contributed by atoms with Crippen molar-refractivity contribution in [3.63, 3.8) is 0 Å². The zero-order chi connectivity index (χ0) is 40.9. The third-order valence-corrected chi connectivity index (χ3v) is 16.4. The molecule has 292 valence electrons. The van der Waals surface area contributed by atoms with Crippen LogP contribution in [0.1, 0.15) is 47.2 Å². The lowest BCUT2D eigenvalue weighted by atomic mass is 9.66. The van der Waals surface area contributed by atoms with Crippen LogP contribution in [0.4, 0.5) is 17.1 Å². The summed E-state index contributed by atoms with van der Waals surface area (Å²) in [6.07, 6.45) is 0. The number of hydrogen-bond acceptors (Lipinski definition) is 4. The lowest BCUT2D eigenvalue weighted by molar-refractivity contribution is 0.436. The molecule has 62 heavy (non-hydrogen) atoms. The van der Waals surface area contributed by atoms with Gasteiger partial charge in [0.15, 0.2) is 0 Å². The van der Waals surface area contributed by atoms with Gasteiger partial charge in [0.1, 0.15) is 11.5 Å². The van der Waals surface area contributed by atoms with Crippen LogP contribution in [0.3, 0.4) is 0 Å². The Hall–Kier alpha value is -6.98. The van der Waals surface area contributed by atoms with E-state index in [1.54, 1.807) is 0 Å². The summed E-state index contributed by atoms with van der Waals surface area (Å²) in [5, 5.41) is 5.14. The second-order valence-electron chi connectivity index (χ2n) is 17.5. The summed E-state index contributed by atoms with van der Waals surface area (Å²) < 4.78 is 11.8. The minimum Gasteiger partial charge on any atom is -0.457 e. The first-order valence-corrected chi connectivity index (χ1v) is 23.0. The van der Waals surface area contributed by atoms with E-state index in [2.05, 4.69) is 207 Å². The maximum Gasteiger partial charge on any atom is 0.132 e. The monoisotopic (exact) mass is 827 g/mol. The summed E-state index contributed by atoms with van der Waals surface area (Å²) in [6.45, 7) is 4.76. The maximum absolute atomic E-state index is 6.66. The molecule has 2 aliphatic carbocycles. The van der Waals surface area contributed by atoms with Gasteiger partial charge in [-0.05, 0) is 111 Å². The smallest absolute Gasteiger partial charge is 0.132 e. The topological polar surface area (TPSA) is 12.5 Å².